The van der Waals surface area contributed by atoms with E-state index in [0.29, 0.717) is 11.3 Å². The monoisotopic (exact) mass is 284 g/mol. The first-order chi connectivity index (χ1) is 8.93. The lowest BCUT2D eigenvalue weighted by Crippen LogP contribution is -2.53. The van der Waals surface area contributed by atoms with Gasteiger partial charge in [0.05, 0.1) is 11.6 Å². The molecule has 19 heavy (non-hydrogen) atoms. The third kappa shape index (κ3) is 3.21. The molecule has 0 unspecified atom stereocenters. The molecule has 2 rings (SSSR count). The van der Waals surface area contributed by atoms with Gasteiger partial charge in [-0.3, -0.25) is 4.90 Å². The standard InChI is InChI=1S/C15H22ClFN2/c1-15(2,3)19-9-7-18(8-10-19)13-6-4-5-12(11-16)14(13)17/h4-6H,7-11H2,1-3H3. The van der Waals surface area contributed by atoms with Crippen LogP contribution in [0.25, 0.3) is 0 Å². The number of hydrogen-bond acceptors (Lipinski definition) is 2. The van der Waals surface area contributed by atoms with Crippen molar-refractivity contribution in [2.45, 2.75) is 32.2 Å². The van der Waals surface area contributed by atoms with Crippen molar-refractivity contribution in [3.8, 4) is 0 Å². The first-order valence-corrected chi connectivity index (χ1v) is 7.30. The van der Waals surface area contributed by atoms with E-state index in [1.807, 2.05) is 12.1 Å². The van der Waals surface area contributed by atoms with Crippen molar-refractivity contribution in [2.75, 3.05) is 31.1 Å². The van der Waals surface area contributed by atoms with Crippen LogP contribution in [-0.2, 0) is 5.88 Å². The maximum atomic E-state index is 14.2. The molecule has 1 saturated heterocycles. The van der Waals surface area contributed by atoms with Crippen molar-refractivity contribution in [3.05, 3.63) is 29.6 Å². The Hall–Kier alpha value is -0.800. The van der Waals surface area contributed by atoms with E-state index < -0.39 is 0 Å². The van der Waals surface area contributed by atoms with E-state index in [4.69, 9.17) is 11.6 Å². The van der Waals surface area contributed by atoms with Crippen LogP contribution in [0.3, 0.4) is 0 Å². The van der Waals surface area contributed by atoms with Gasteiger partial charge < -0.3 is 4.90 Å². The van der Waals surface area contributed by atoms with Gasteiger partial charge in [-0.2, -0.15) is 0 Å². The zero-order chi connectivity index (χ0) is 14.0. The Bertz CT molecular complexity index is 434. The minimum absolute atomic E-state index is 0.165. The zero-order valence-electron chi connectivity index (χ0n) is 11.9. The number of anilines is 1. The number of hydrogen-bond donors (Lipinski definition) is 0. The summed E-state index contributed by atoms with van der Waals surface area (Å²) >= 11 is 5.76. The van der Waals surface area contributed by atoms with Crippen molar-refractivity contribution in [1.82, 2.24) is 4.90 Å². The maximum absolute atomic E-state index is 14.2. The van der Waals surface area contributed by atoms with E-state index in [9.17, 15) is 4.39 Å². The summed E-state index contributed by atoms with van der Waals surface area (Å²) in [6.07, 6.45) is 0. The number of benzene rings is 1. The van der Waals surface area contributed by atoms with Gasteiger partial charge in [-0.05, 0) is 26.8 Å². The van der Waals surface area contributed by atoms with Gasteiger partial charge in [0, 0.05) is 37.3 Å². The summed E-state index contributed by atoms with van der Waals surface area (Å²) in [6.45, 7) is 10.3. The topological polar surface area (TPSA) is 6.48 Å². The highest BCUT2D eigenvalue weighted by Crippen LogP contribution is 2.26. The van der Waals surface area contributed by atoms with Crippen molar-refractivity contribution in [1.29, 1.82) is 0 Å². The molecule has 0 amide bonds. The van der Waals surface area contributed by atoms with Gasteiger partial charge in [-0.25, -0.2) is 4.39 Å². The molecule has 0 radical (unpaired) electrons. The second kappa shape index (κ2) is 5.68. The van der Waals surface area contributed by atoms with Crippen molar-refractivity contribution in [2.24, 2.45) is 0 Å². The summed E-state index contributed by atoms with van der Waals surface area (Å²) < 4.78 is 14.2. The largest absolute Gasteiger partial charge is 0.367 e. The summed E-state index contributed by atoms with van der Waals surface area (Å²) in [7, 11) is 0. The molecule has 0 bridgehead atoms. The summed E-state index contributed by atoms with van der Waals surface area (Å²) in [5, 5.41) is 0. The van der Waals surface area contributed by atoms with Gasteiger partial charge in [-0.15, -0.1) is 11.6 Å². The van der Waals surface area contributed by atoms with Crippen LogP contribution in [0.5, 0.6) is 0 Å². The predicted molar refractivity (Wildman–Crippen MR) is 79.5 cm³/mol. The second-order valence-electron chi connectivity index (χ2n) is 6.03. The molecule has 1 aliphatic heterocycles. The van der Waals surface area contributed by atoms with E-state index in [1.54, 1.807) is 6.07 Å². The Labute approximate surface area is 120 Å². The fourth-order valence-corrected chi connectivity index (χ4v) is 2.74. The summed E-state index contributed by atoms with van der Waals surface area (Å²) in [5.74, 6) is 0.0588. The molecule has 2 nitrogen and oxygen atoms in total. The minimum Gasteiger partial charge on any atom is -0.367 e. The average Bonchev–Trinajstić information content (AvgIpc) is 2.38. The van der Waals surface area contributed by atoms with Gasteiger partial charge in [0.1, 0.15) is 0 Å². The lowest BCUT2D eigenvalue weighted by atomic mass is 10.0. The Morgan fingerprint density at radius 1 is 1.16 bits per heavy atom. The normalized spacial score (nSPS) is 17.8. The SMILES string of the molecule is CC(C)(C)N1CCN(c2cccc(CCl)c2F)CC1. The lowest BCUT2D eigenvalue weighted by molar-refractivity contribution is 0.128. The molecular formula is C15H22ClFN2. The predicted octanol–water partition coefficient (Wildman–Crippen LogP) is 3.49. The van der Waals surface area contributed by atoms with Crippen molar-refractivity contribution >= 4 is 17.3 Å². The van der Waals surface area contributed by atoms with Crippen LogP contribution in [0.4, 0.5) is 10.1 Å². The second-order valence-corrected chi connectivity index (χ2v) is 6.30. The van der Waals surface area contributed by atoms with Gasteiger partial charge in [0.2, 0.25) is 0 Å². The molecule has 0 N–H and O–H groups in total. The van der Waals surface area contributed by atoms with Gasteiger partial charge >= 0.3 is 0 Å². The molecule has 1 aromatic carbocycles. The third-order valence-electron chi connectivity index (χ3n) is 3.77. The molecule has 0 aromatic heterocycles. The molecule has 0 spiro atoms. The van der Waals surface area contributed by atoms with Crippen LogP contribution in [0, 0.1) is 5.82 Å². The molecule has 4 heteroatoms. The smallest absolute Gasteiger partial charge is 0.150 e. The lowest BCUT2D eigenvalue weighted by Gasteiger charge is -2.43. The van der Waals surface area contributed by atoms with Crippen LogP contribution >= 0.6 is 11.6 Å². The van der Waals surface area contributed by atoms with Crippen LogP contribution in [0.15, 0.2) is 18.2 Å². The van der Waals surface area contributed by atoms with Gasteiger partial charge in [-0.1, -0.05) is 12.1 Å². The van der Waals surface area contributed by atoms with E-state index in [2.05, 4.69) is 30.6 Å². The van der Waals surface area contributed by atoms with Crippen LogP contribution in [-0.4, -0.2) is 36.6 Å². The Morgan fingerprint density at radius 3 is 2.32 bits per heavy atom. The number of alkyl halides is 1. The van der Waals surface area contributed by atoms with E-state index >= 15 is 0 Å². The molecule has 0 atom stereocenters. The van der Waals surface area contributed by atoms with Crippen molar-refractivity contribution < 1.29 is 4.39 Å². The highest BCUT2D eigenvalue weighted by molar-refractivity contribution is 6.17. The van der Waals surface area contributed by atoms with Crippen LogP contribution < -0.4 is 4.90 Å². The first-order valence-electron chi connectivity index (χ1n) is 6.77. The third-order valence-corrected chi connectivity index (χ3v) is 4.06. The fraction of sp³-hybridized carbons (Fsp3) is 0.600. The van der Waals surface area contributed by atoms with Crippen molar-refractivity contribution in [3.63, 3.8) is 0 Å². The summed E-state index contributed by atoms with van der Waals surface area (Å²) in [4.78, 5) is 4.56. The summed E-state index contributed by atoms with van der Waals surface area (Å²) in [6, 6.07) is 5.47. The van der Waals surface area contributed by atoms with Gasteiger partial charge in [0.15, 0.2) is 5.82 Å². The van der Waals surface area contributed by atoms with Crippen LogP contribution in [0.2, 0.25) is 0 Å². The molecule has 0 saturated carbocycles. The molecule has 1 aromatic rings. The first kappa shape index (κ1) is 14.6. The van der Waals surface area contributed by atoms with E-state index in [-0.39, 0.29) is 17.2 Å². The maximum Gasteiger partial charge on any atom is 0.150 e. The summed E-state index contributed by atoms with van der Waals surface area (Å²) in [5.41, 5.74) is 1.45. The van der Waals surface area contributed by atoms with E-state index in [0.717, 1.165) is 26.2 Å². The number of nitrogens with zero attached hydrogens (tertiary/aromatic N) is 2. The highest BCUT2D eigenvalue weighted by Gasteiger charge is 2.27. The molecule has 1 aliphatic rings. The minimum atomic E-state index is -0.165. The number of rotatable bonds is 2. The molecule has 0 aliphatic carbocycles. The van der Waals surface area contributed by atoms with Gasteiger partial charge in [0.25, 0.3) is 0 Å². The molecular weight excluding hydrogens is 263 g/mol. The zero-order valence-corrected chi connectivity index (χ0v) is 12.7. The number of piperazine rings is 1. The fourth-order valence-electron chi connectivity index (χ4n) is 2.53. The Morgan fingerprint density at radius 2 is 1.79 bits per heavy atom. The highest BCUT2D eigenvalue weighted by atomic mass is 35.5. The van der Waals surface area contributed by atoms with E-state index in [1.165, 1.54) is 0 Å². The van der Waals surface area contributed by atoms with Crippen LogP contribution in [0.1, 0.15) is 26.3 Å². The molecule has 106 valence electrons. The number of halogens is 2. The molecule has 1 heterocycles. The average molecular weight is 285 g/mol. The Balaban J connectivity index is 2.10. The quantitative estimate of drug-likeness (QED) is 0.767. The Kier molecular flexibility index (Phi) is 4.36. The molecule has 1 fully saturated rings.